The molecule has 1 aromatic carbocycles. The van der Waals surface area contributed by atoms with Crippen molar-refractivity contribution < 1.29 is 9.21 Å². The van der Waals surface area contributed by atoms with Crippen LogP contribution in [0.15, 0.2) is 47.1 Å². The maximum atomic E-state index is 11.7. The maximum Gasteiger partial charge on any atom is 0.144 e. The van der Waals surface area contributed by atoms with Crippen LogP contribution < -0.4 is 0 Å². The van der Waals surface area contributed by atoms with Crippen LogP contribution in [-0.2, 0) is 17.6 Å². The van der Waals surface area contributed by atoms with Crippen LogP contribution in [0.25, 0.3) is 0 Å². The number of benzene rings is 1. The molecule has 0 aliphatic rings. The number of carbonyl (C=O) groups is 1. The molecule has 0 saturated carbocycles. The number of halogens is 1. The highest BCUT2D eigenvalue weighted by molar-refractivity contribution is 6.30. The summed E-state index contributed by atoms with van der Waals surface area (Å²) >= 11 is 5.76. The molecule has 0 spiro atoms. The van der Waals surface area contributed by atoms with Crippen molar-refractivity contribution in [3.05, 3.63) is 59.0 Å². The molecule has 2 rings (SSSR count). The van der Waals surface area contributed by atoms with Crippen molar-refractivity contribution in [1.29, 1.82) is 0 Å². The highest BCUT2D eigenvalue weighted by Gasteiger charge is 2.06. The standard InChI is InChI=1S/C13H11ClO2/c14-11-5-3-10(4-6-11)8-12(15)9-13-2-1-7-16-13/h1-7H,8-9H2. The number of hydrogen-bond acceptors (Lipinski definition) is 2. The Kier molecular flexibility index (Phi) is 3.42. The summed E-state index contributed by atoms with van der Waals surface area (Å²) < 4.78 is 5.12. The van der Waals surface area contributed by atoms with Crippen LogP contribution in [0, 0.1) is 0 Å². The minimum Gasteiger partial charge on any atom is -0.469 e. The Morgan fingerprint density at radius 2 is 1.88 bits per heavy atom. The second kappa shape index (κ2) is 4.99. The van der Waals surface area contributed by atoms with Crippen LogP contribution in [0.4, 0.5) is 0 Å². The lowest BCUT2D eigenvalue weighted by Gasteiger charge is -1.99. The van der Waals surface area contributed by atoms with E-state index in [1.54, 1.807) is 30.5 Å². The molecule has 82 valence electrons. The van der Waals surface area contributed by atoms with E-state index in [0.717, 1.165) is 5.56 Å². The molecular weight excluding hydrogens is 224 g/mol. The minimum absolute atomic E-state index is 0.136. The van der Waals surface area contributed by atoms with Crippen molar-refractivity contribution in [1.82, 2.24) is 0 Å². The molecule has 0 saturated heterocycles. The van der Waals surface area contributed by atoms with Gasteiger partial charge in [0, 0.05) is 11.4 Å². The summed E-state index contributed by atoms with van der Waals surface area (Å²) in [5, 5.41) is 0.683. The van der Waals surface area contributed by atoms with E-state index < -0.39 is 0 Å². The van der Waals surface area contributed by atoms with Gasteiger partial charge in [0.1, 0.15) is 11.5 Å². The number of furan rings is 1. The van der Waals surface area contributed by atoms with Crippen LogP contribution >= 0.6 is 11.6 Å². The first-order chi connectivity index (χ1) is 7.74. The Bertz CT molecular complexity index is 457. The zero-order valence-electron chi connectivity index (χ0n) is 8.65. The Labute approximate surface area is 98.8 Å². The average molecular weight is 235 g/mol. The molecule has 0 fully saturated rings. The molecule has 0 unspecified atom stereocenters. The number of rotatable bonds is 4. The maximum absolute atomic E-state index is 11.7. The Hall–Kier alpha value is -1.54. The lowest BCUT2D eigenvalue weighted by molar-refractivity contribution is -0.118. The van der Waals surface area contributed by atoms with Gasteiger partial charge in [0.05, 0.1) is 12.7 Å². The van der Waals surface area contributed by atoms with Crippen LogP contribution in [0.2, 0.25) is 5.02 Å². The highest BCUT2D eigenvalue weighted by atomic mass is 35.5. The van der Waals surface area contributed by atoms with Crippen molar-refractivity contribution in [3.63, 3.8) is 0 Å². The Morgan fingerprint density at radius 3 is 2.50 bits per heavy atom. The molecule has 16 heavy (non-hydrogen) atoms. The molecule has 0 atom stereocenters. The van der Waals surface area contributed by atoms with E-state index in [4.69, 9.17) is 16.0 Å². The molecule has 1 aromatic heterocycles. The highest BCUT2D eigenvalue weighted by Crippen LogP contribution is 2.11. The van der Waals surface area contributed by atoms with Gasteiger partial charge in [-0.2, -0.15) is 0 Å². The van der Waals surface area contributed by atoms with Gasteiger partial charge in [-0.05, 0) is 29.8 Å². The number of ketones is 1. The molecule has 0 amide bonds. The monoisotopic (exact) mass is 234 g/mol. The molecular formula is C13H11ClO2. The third-order valence-electron chi connectivity index (χ3n) is 2.27. The van der Waals surface area contributed by atoms with Crippen LogP contribution in [0.1, 0.15) is 11.3 Å². The van der Waals surface area contributed by atoms with Gasteiger partial charge in [-0.15, -0.1) is 0 Å². The second-order valence-electron chi connectivity index (χ2n) is 3.60. The smallest absolute Gasteiger partial charge is 0.144 e. The predicted octanol–water partition coefficient (Wildman–Crippen LogP) is 3.29. The average Bonchev–Trinajstić information content (AvgIpc) is 2.74. The van der Waals surface area contributed by atoms with E-state index in [1.165, 1.54) is 0 Å². The molecule has 0 radical (unpaired) electrons. The Balaban J connectivity index is 1.95. The molecule has 2 nitrogen and oxygen atoms in total. The van der Waals surface area contributed by atoms with Crippen LogP contribution in [0.5, 0.6) is 0 Å². The fraction of sp³-hybridized carbons (Fsp3) is 0.154. The number of Topliss-reactive ketones (excluding diaryl/α,β-unsaturated/α-hetero) is 1. The van der Waals surface area contributed by atoms with Crippen LogP contribution in [-0.4, -0.2) is 5.78 Å². The summed E-state index contributed by atoms with van der Waals surface area (Å²) in [4.78, 5) is 11.7. The summed E-state index contributed by atoms with van der Waals surface area (Å²) in [7, 11) is 0. The first-order valence-corrected chi connectivity index (χ1v) is 5.40. The summed E-state index contributed by atoms with van der Waals surface area (Å²) in [5.41, 5.74) is 0.973. The fourth-order valence-corrected chi connectivity index (χ4v) is 1.63. The summed E-state index contributed by atoms with van der Waals surface area (Å²) in [5.74, 6) is 0.844. The van der Waals surface area contributed by atoms with Gasteiger partial charge in [0.2, 0.25) is 0 Å². The molecule has 0 aliphatic heterocycles. The van der Waals surface area contributed by atoms with Crippen molar-refractivity contribution in [2.24, 2.45) is 0 Å². The van der Waals surface area contributed by atoms with Crippen molar-refractivity contribution >= 4 is 17.4 Å². The quantitative estimate of drug-likeness (QED) is 0.813. The van der Waals surface area contributed by atoms with E-state index in [-0.39, 0.29) is 5.78 Å². The molecule has 2 aromatic rings. The molecule has 0 N–H and O–H groups in total. The largest absolute Gasteiger partial charge is 0.469 e. The molecule has 1 heterocycles. The van der Waals surface area contributed by atoms with Crippen molar-refractivity contribution in [3.8, 4) is 0 Å². The minimum atomic E-state index is 0.136. The first kappa shape index (κ1) is 11.0. The van der Waals surface area contributed by atoms with Gasteiger partial charge in [0.25, 0.3) is 0 Å². The van der Waals surface area contributed by atoms with Crippen molar-refractivity contribution in [2.75, 3.05) is 0 Å². The van der Waals surface area contributed by atoms with Gasteiger partial charge < -0.3 is 4.42 Å². The van der Waals surface area contributed by atoms with E-state index in [9.17, 15) is 4.79 Å². The molecule has 0 bridgehead atoms. The normalized spacial score (nSPS) is 10.3. The number of hydrogen-bond donors (Lipinski definition) is 0. The third kappa shape index (κ3) is 2.97. The third-order valence-corrected chi connectivity index (χ3v) is 2.52. The molecule has 3 heteroatoms. The van der Waals surface area contributed by atoms with Gasteiger partial charge >= 0.3 is 0 Å². The van der Waals surface area contributed by atoms with E-state index in [1.807, 2.05) is 12.1 Å². The second-order valence-corrected chi connectivity index (χ2v) is 4.03. The number of carbonyl (C=O) groups excluding carboxylic acids is 1. The van der Waals surface area contributed by atoms with Gasteiger partial charge in [-0.1, -0.05) is 23.7 Å². The fourth-order valence-electron chi connectivity index (χ4n) is 1.50. The predicted molar refractivity (Wildman–Crippen MR) is 62.6 cm³/mol. The summed E-state index contributed by atoms with van der Waals surface area (Å²) in [6.07, 6.45) is 2.33. The van der Waals surface area contributed by atoms with Crippen LogP contribution in [0.3, 0.4) is 0 Å². The van der Waals surface area contributed by atoms with Gasteiger partial charge in [-0.3, -0.25) is 4.79 Å². The molecule has 0 aliphatic carbocycles. The first-order valence-electron chi connectivity index (χ1n) is 5.02. The van der Waals surface area contributed by atoms with E-state index in [2.05, 4.69) is 0 Å². The summed E-state index contributed by atoms with van der Waals surface area (Å²) in [6, 6.07) is 10.9. The lowest BCUT2D eigenvalue weighted by atomic mass is 10.1. The van der Waals surface area contributed by atoms with Gasteiger partial charge in [0.15, 0.2) is 0 Å². The zero-order valence-corrected chi connectivity index (χ0v) is 9.41. The lowest BCUT2D eigenvalue weighted by Crippen LogP contribution is -2.05. The van der Waals surface area contributed by atoms with Gasteiger partial charge in [-0.25, -0.2) is 0 Å². The topological polar surface area (TPSA) is 30.2 Å². The van der Waals surface area contributed by atoms with Crippen molar-refractivity contribution in [2.45, 2.75) is 12.8 Å². The summed E-state index contributed by atoms with van der Waals surface area (Å²) in [6.45, 7) is 0. The van der Waals surface area contributed by atoms with E-state index >= 15 is 0 Å². The van der Waals surface area contributed by atoms with E-state index in [0.29, 0.717) is 23.6 Å². The SMILES string of the molecule is O=C(Cc1ccc(Cl)cc1)Cc1ccco1. The Morgan fingerprint density at radius 1 is 1.12 bits per heavy atom. The zero-order chi connectivity index (χ0) is 11.4.